The molecular weight excluding hydrogens is 334 g/mol. The third-order valence-electron chi connectivity index (χ3n) is 0.792. The molecule has 0 saturated carbocycles. The van der Waals surface area contributed by atoms with Crippen LogP contribution in [0.25, 0.3) is 0 Å². The number of hydrogen-bond acceptors (Lipinski definition) is 2. The molecule has 0 aromatic carbocycles. The van der Waals surface area contributed by atoms with Crippen molar-refractivity contribution in [1.29, 1.82) is 0 Å². The lowest BCUT2D eigenvalue weighted by Gasteiger charge is -2.18. The normalized spacial score (nSPS) is 12.0. The molecule has 50 valence electrons. The highest BCUT2D eigenvalue weighted by Gasteiger charge is 2.21. The summed E-state index contributed by atoms with van der Waals surface area (Å²) in [5, 5.41) is 17.7. The predicted octanol–water partition coefficient (Wildman–Crippen LogP) is 0.580. The predicted molar refractivity (Wildman–Crippen MR) is 49.8 cm³/mol. The number of halogens is 2. The zero-order valence-corrected chi connectivity index (χ0v) is 8.59. The Bertz CT molecular complexity index is 54.8. The lowest BCUT2D eigenvalue weighted by Crippen LogP contribution is -2.36. The van der Waals surface area contributed by atoms with Crippen LogP contribution < -0.4 is 0 Å². The van der Waals surface area contributed by atoms with Gasteiger partial charge in [0.2, 0.25) is 0 Å². The van der Waals surface area contributed by atoms with E-state index in [1.807, 2.05) is 0 Å². The summed E-state index contributed by atoms with van der Waals surface area (Å²) in [6.45, 7) is -0.140. The molecule has 0 fully saturated rings. The minimum atomic E-state index is -0.846. The Balaban J connectivity index is 3.58. The molecule has 0 bridgehead atoms. The smallest absolute Gasteiger partial charge is 0.105 e. The topological polar surface area (TPSA) is 40.5 Å². The summed E-state index contributed by atoms with van der Waals surface area (Å²) >= 11 is 4.10. The fourth-order valence-electron chi connectivity index (χ4n) is 0.120. The number of alkyl halides is 2. The zero-order valence-electron chi connectivity index (χ0n) is 4.27. The van der Waals surface area contributed by atoms with E-state index in [1.54, 1.807) is 0 Å². The maximum Gasteiger partial charge on any atom is 0.105 e. The van der Waals surface area contributed by atoms with Crippen molar-refractivity contribution in [1.82, 2.24) is 0 Å². The van der Waals surface area contributed by atoms with Crippen LogP contribution in [0.4, 0.5) is 0 Å². The van der Waals surface area contributed by atoms with Crippen LogP contribution in [-0.4, -0.2) is 31.3 Å². The van der Waals surface area contributed by atoms with Crippen LogP contribution in [0.3, 0.4) is 0 Å². The van der Waals surface area contributed by atoms with Gasteiger partial charge in [0.25, 0.3) is 0 Å². The molecule has 8 heavy (non-hydrogen) atoms. The van der Waals surface area contributed by atoms with Crippen LogP contribution in [0.15, 0.2) is 0 Å². The quantitative estimate of drug-likeness (QED) is 0.582. The van der Waals surface area contributed by atoms with Crippen LogP contribution >= 0.6 is 45.2 Å². The molecule has 0 atom stereocenters. The number of hydrogen-bond donors (Lipinski definition) is 2. The van der Waals surface area contributed by atoms with Gasteiger partial charge in [-0.05, 0) is 0 Å². The summed E-state index contributed by atoms with van der Waals surface area (Å²) < 4.78 is 1.17. The molecule has 0 unspecified atom stereocenters. The van der Waals surface area contributed by atoms with E-state index in [0.29, 0.717) is 8.86 Å². The first kappa shape index (κ1) is 9.38. The van der Waals surface area contributed by atoms with Gasteiger partial charge < -0.3 is 10.2 Å². The Morgan fingerprint density at radius 1 is 1.25 bits per heavy atom. The summed E-state index contributed by atoms with van der Waals surface area (Å²) in [5.41, 5.74) is -0.846. The zero-order chi connectivity index (χ0) is 6.62. The van der Waals surface area contributed by atoms with E-state index in [1.165, 1.54) is 0 Å². The molecule has 0 spiro atoms. The van der Waals surface area contributed by atoms with Gasteiger partial charge in [-0.2, -0.15) is 0 Å². The van der Waals surface area contributed by atoms with Gasteiger partial charge in [-0.3, -0.25) is 0 Å². The number of rotatable bonds is 3. The van der Waals surface area contributed by atoms with Gasteiger partial charge in [0, 0.05) is 8.86 Å². The molecular formula is C4H8I2O2. The van der Waals surface area contributed by atoms with Crippen LogP contribution in [0.1, 0.15) is 0 Å². The van der Waals surface area contributed by atoms with Gasteiger partial charge in [0.05, 0.1) is 6.61 Å². The van der Waals surface area contributed by atoms with Crippen LogP contribution in [0, 0.1) is 0 Å². The third-order valence-corrected chi connectivity index (χ3v) is 3.63. The highest BCUT2D eigenvalue weighted by molar-refractivity contribution is 14.1. The lowest BCUT2D eigenvalue weighted by atomic mass is 10.2. The Morgan fingerprint density at radius 3 is 1.62 bits per heavy atom. The second-order valence-corrected chi connectivity index (χ2v) is 3.18. The second-order valence-electron chi connectivity index (χ2n) is 1.65. The highest BCUT2D eigenvalue weighted by atomic mass is 127. The Labute approximate surface area is 75.9 Å². The minimum Gasteiger partial charge on any atom is -0.393 e. The third kappa shape index (κ3) is 2.79. The molecule has 0 saturated heterocycles. The molecule has 0 rings (SSSR count). The molecule has 0 heterocycles. The van der Waals surface area contributed by atoms with Crippen molar-refractivity contribution in [3.63, 3.8) is 0 Å². The van der Waals surface area contributed by atoms with E-state index < -0.39 is 5.60 Å². The maximum absolute atomic E-state index is 9.17. The van der Waals surface area contributed by atoms with Crippen molar-refractivity contribution < 1.29 is 10.2 Å². The average molecular weight is 342 g/mol. The monoisotopic (exact) mass is 342 g/mol. The van der Waals surface area contributed by atoms with E-state index >= 15 is 0 Å². The molecule has 2 nitrogen and oxygen atoms in total. The maximum atomic E-state index is 9.17. The van der Waals surface area contributed by atoms with Crippen LogP contribution in [0.5, 0.6) is 0 Å². The Hall–Kier alpha value is 1.38. The van der Waals surface area contributed by atoms with Crippen molar-refractivity contribution in [2.75, 3.05) is 15.5 Å². The van der Waals surface area contributed by atoms with Gasteiger partial charge in [0.1, 0.15) is 5.60 Å². The van der Waals surface area contributed by atoms with Crippen molar-refractivity contribution in [2.24, 2.45) is 0 Å². The van der Waals surface area contributed by atoms with Crippen LogP contribution in [0.2, 0.25) is 0 Å². The summed E-state index contributed by atoms with van der Waals surface area (Å²) in [6.07, 6.45) is 0. The average Bonchev–Trinajstić information content (AvgIpc) is 1.87. The number of aliphatic hydroxyl groups is 2. The highest BCUT2D eigenvalue weighted by Crippen LogP contribution is 2.10. The Morgan fingerprint density at radius 2 is 1.62 bits per heavy atom. The SMILES string of the molecule is OCC(O)(CI)CI. The van der Waals surface area contributed by atoms with Crippen LogP contribution in [-0.2, 0) is 0 Å². The van der Waals surface area contributed by atoms with Gasteiger partial charge >= 0.3 is 0 Å². The van der Waals surface area contributed by atoms with E-state index in [9.17, 15) is 5.11 Å². The van der Waals surface area contributed by atoms with E-state index in [0.717, 1.165) is 0 Å². The minimum absolute atomic E-state index is 0.140. The molecule has 4 heteroatoms. The first-order valence-corrected chi connectivity index (χ1v) is 5.19. The fraction of sp³-hybridized carbons (Fsp3) is 1.00. The van der Waals surface area contributed by atoms with Crippen molar-refractivity contribution in [3.8, 4) is 0 Å². The van der Waals surface area contributed by atoms with E-state index in [2.05, 4.69) is 45.2 Å². The molecule has 0 aromatic heterocycles. The van der Waals surface area contributed by atoms with Gasteiger partial charge in [-0.15, -0.1) is 0 Å². The van der Waals surface area contributed by atoms with Gasteiger partial charge in [-0.25, -0.2) is 0 Å². The first-order valence-electron chi connectivity index (χ1n) is 2.14. The Kier molecular flexibility index (Phi) is 4.97. The molecule has 0 aliphatic rings. The standard InChI is InChI=1S/C4H8I2O2/c5-1-4(8,2-6)3-7/h7-8H,1-3H2. The molecule has 0 aliphatic heterocycles. The molecule has 0 aromatic rings. The second kappa shape index (κ2) is 4.24. The molecule has 0 radical (unpaired) electrons. The van der Waals surface area contributed by atoms with Crippen molar-refractivity contribution >= 4 is 45.2 Å². The summed E-state index contributed by atoms with van der Waals surface area (Å²) in [6, 6.07) is 0. The molecule has 2 N–H and O–H groups in total. The summed E-state index contributed by atoms with van der Waals surface area (Å²) in [4.78, 5) is 0. The van der Waals surface area contributed by atoms with Gasteiger partial charge in [0.15, 0.2) is 0 Å². The molecule has 0 aliphatic carbocycles. The lowest BCUT2D eigenvalue weighted by molar-refractivity contribution is 0.0316. The number of aliphatic hydroxyl groups excluding tert-OH is 1. The molecule has 0 amide bonds. The van der Waals surface area contributed by atoms with Crippen molar-refractivity contribution in [3.05, 3.63) is 0 Å². The summed E-state index contributed by atoms with van der Waals surface area (Å²) in [5.74, 6) is 0. The first-order chi connectivity index (χ1) is 3.68. The van der Waals surface area contributed by atoms with Crippen molar-refractivity contribution in [2.45, 2.75) is 5.60 Å². The largest absolute Gasteiger partial charge is 0.393 e. The van der Waals surface area contributed by atoms with Gasteiger partial charge in [-0.1, -0.05) is 45.2 Å². The summed E-state index contributed by atoms with van der Waals surface area (Å²) in [7, 11) is 0. The fourth-order valence-corrected chi connectivity index (χ4v) is 2.17. The van der Waals surface area contributed by atoms with E-state index in [-0.39, 0.29) is 6.61 Å². The van der Waals surface area contributed by atoms with E-state index in [4.69, 9.17) is 5.11 Å².